The van der Waals surface area contributed by atoms with E-state index >= 15 is 0 Å². The van der Waals surface area contributed by atoms with Crippen LogP contribution >= 0.6 is 11.3 Å². The molecule has 6 heteroatoms. The minimum atomic E-state index is 0.0711. The standard InChI is InChI=1S/C18H24N4OS/c1-13-7-10-24-16(13)5-6-17(23)19-12-15-11-14(2)20-18(21-15)22-8-3-4-9-22/h7,10-11H,3-6,8-9,12H2,1-2H3,(H,19,23). The van der Waals surface area contributed by atoms with E-state index in [0.717, 1.165) is 36.8 Å². The van der Waals surface area contributed by atoms with E-state index in [1.54, 1.807) is 11.3 Å². The van der Waals surface area contributed by atoms with Crippen molar-refractivity contribution in [3.8, 4) is 0 Å². The Morgan fingerprint density at radius 1 is 1.29 bits per heavy atom. The topological polar surface area (TPSA) is 58.1 Å². The third-order valence-corrected chi connectivity index (χ3v) is 5.38. The predicted octanol–water partition coefficient (Wildman–Crippen LogP) is 3.00. The Hall–Kier alpha value is -1.95. The van der Waals surface area contributed by atoms with Gasteiger partial charge in [-0.15, -0.1) is 11.3 Å². The van der Waals surface area contributed by atoms with Crippen LogP contribution in [0.15, 0.2) is 17.5 Å². The van der Waals surface area contributed by atoms with Gasteiger partial charge in [0.05, 0.1) is 12.2 Å². The molecular formula is C18H24N4OS. The van der Waals surface area contributed by atoms with Crippen LogP contribution in [0.1, 0.15) is 41.1 Å². The first-order valence-electron chi connectivity index (χ1n) is 8.51. The van der Waals surface area contributed by atoms with Crippen LogP contribution in [-0.2, 0) is 17.8 Å². The van der Waals surface area contributed by atoms with Gasteiger partial charge in [0.15, 0.2) is 0 Å². The Kier molecular flexibility index (Phi) is 5.45. The zero-order valence-corrected chi connectivity index (χ0v) is 15.2. The molecule has 1 aliphatic rings. The highest BCUT2D eigenvalue weighted by molar-refractivity contribution is 7.10. The smallest absolute Gasteiger partial charge is 0.225 e. The van der Waals surface area contributed by atoms with Crippen molar-refractivity contribution in [3.05, 3.63) is 39.3 Å². The van der Waals surface area contributed by atoms with Gasteiger partial charge in [0.25, 0.3) is 0 Å². The first kappa shape index (κ1) is 16.9. The number of carbonyl (C=O) groups excluding carboxylic acids is 1. The highest BCUT2D eigenvalue weighted by Gasteiger charge is 2.16. The van der Waals surface area contributed by atoms with Crippen molar-refractivity contribution in [2.75, 3.05) is 18.0 Å². The molecule has 2 aromatic rings. The molecule has 0 aliphatic carbocycles. The molecule has 0 spiro atoms. The summed E-state index contributed by atoms with van der Waals surface area (Å²) in [7, 11) is 0. The van der Waals surface area contributed by atoms with Crippen LogP contribution in [0.3, 0.4) is 0 Å². The maximum absolute atomic E-state index is 12.1. The van der Waals surface area contributed by atoms with Crippen molar-refractivity contribution in [1.82, 2.24) is 15.3 Å². The van der Waals surface area contributed by atoms with E-state index in [-0.39, 0.29) is 5.91 Å². The molecule has 1 saturated heterocycles. The van der Waals surface area contributed by atoms with Crippen LogP contribution in [0, 0.1) is 13.8 Å². The summed E-state index contributed by atoms with van der Waals surface area (Å²) in [5, 5.41) is 5.06. The molecule has 3 heterocycles. The maximum Gasteiger partial charge on any atom is 0.225 e. The largest absolute Gasteiger partial charge is 0.350 e. The van der Waals surface area contributed by atoms with Crippen LogP contribution in [0.2, 0.25) is 0 Å². The van der Waals surface area contributed by atoms with Gasteiger partial charge in [0.1, 0.15) is 0 Å². The number of nitrogens with one attached hydrogen (secondary N) is 1. The number of nitrogens with zero attached hydrogens (tertiary/aromatic N) is 3. The van der Waals surface area contributed by atoms with E-state index in [4.69, 9.17) is 0 Å². The van der Waals surface area contributed by atoms with Crippen molar-refractivity contribution >= 4 is 23.2 Å². The van der Waals surface area contributed by atoms with Crippen molar-refractivity contribution in [2.24, 2.45) is 0 Å². The lowest BCUT2D eigenvalue weighted by Gasteiger charge is -2.16. The van der Waals surface area contributed by atoms with E-state index in [1.165, 1.54) is 23.3 Å². The number of hydrogen-bond donors (Lipinski definition) is 1. The highest BCUT2D eigenvalue weighted by atomic mass is 32.1. The van der Waals surface area contributed by atoms with E-state index in [9.17, 15) is 4.79 Å². The zero-order valence-electron chi connectivity index (χ0n) is 14.3. The zero-order chi connectivity index (χ0) is 16.9. The van der Waals surface area contributed by atoms with Gasteiger partial charge in [-0.2, -0.15) is 0 Å². The molecule has 0 bridgehead atoms. The summed E-state index contributed by atoms with van der Waals surface area (Å²) in [6.45, 7) is 6.58. The monoisotopic (exact) mass is 344 g/mol. The van der Waals surface area contributed by atoms with E-state index < -0.39 is 0 Å². The number of aryl methyl sites for hydroxylation is 3. The van der Waals surface area contributed by atoms with E-state index in [1.807, 2.05) is 13.0 Å². The highest BCUT2D eigenvalue weighted by Crippen LogP contribution is 2.18. The Morgan fingerprint density at radius 2 is 2.08 bits per heavy atom. The molecule has 1 aliphatic heterocycles. The summed E-state index contributed by atoms with van der Waals surface area (Å²) >= 11 is 1.72. The Morgan fingerprint density at radius 3 is 2.79 bits per heavy atom. The van der Waals surface area contributed by atoms with Gasteiger partial charge >= 0.3 is 0 Å². The fourth-order valence-electron chi connectivity index (χ4n) is 2.93. The number of carbonyl (C=O) groups is 1. The number of aromatic nitrogens is 2. The van der Waals surface area contributed by atoms with Gasteiger partial charge in [0.2, 0.25) is 11.9 Å². The number of amides is 1. The second-order valence-corrected chi connectivity index (χ2v) is 7.30. The fraction of sp³-hybridized carbons (Fsp3) is 0.500. The molecule has 0 unspecified atom stereocenters. The van der Waals surface area contributed by atoms with Crippen LogP contribution in [0.25, 0.3) is 0 Å². The fourth-order valence-corrected chi connectivity index (χ4v) is 3.84. The first-order valence-corrected chi connectivity index (χ1v) is 9.39. The summed E-state index contributed by atoms with van der Waals surface area (Å²) in [5.41, 5.74) is 3.10. The quantitative estimate of drug-likeness (QED) is 0.875. The number of thiophene rings is 1. The van der Waals surface area contributed by atoms with Crippen molar-refractivity contribution in [2.45, 2.75) is 46.1 Å². The average molecular weight is 344 g/mol. The number of hydrogen-bond acceptors (Lipinski definition) is 5. The van der Waals surface area contributed by atoms with Crippen molar-refractivity contribution in [3.63, 3.8) is 0 Å². The van der Waals surface area contributed by atoms with Crippen LogP contribution < -0.4 is 10.2 Å². The van der Waals surface area contributed by atoms with Crippen LogP contribution in [0.5, 0.6) is 0 Å². The predicted molar refractivity (Wildman–Crippen MR) is 97.4 cm³/mol. The average Bonchev–Trinajstić information content (AvgIpc) is 3.22. The third kappa shape index (κ3) is 4.32. The van der Waals surface area contributed by atoms with E-state index in [2.05, 4.69) is 38.6 Å². The van der Waals surface area contributed by atoms with Gasteiger partial charge in [-0.3, -0.25) is 4.79 Å². The molecule has 24 heavy (non-hydrogen) atoms. The van der Waals surface area contributed by atoms with Crippen molar-refractivity contribution < 1.29 is 4.79 Å². The molecule has 2 aromatic heterocycles. The first-order chi connectivity index (χ1) is 11.6. The number of anilines is 1. The molecule has 0 atom stereocenters. The molecule has 128 valence electrons. The van der Waals surface area contributed by atoms with E-state index in [0.29, 0.717) is 13.0 Å². The molecular weight excluding hydrogens is 320 g/mol. The summed E-state index contributed by atoms with van der Waals surface area (Å²) in [6.07, 6.45) is 3.72. The second kappa shape index (κ2) is 7.75. The van der Waals surface area contributed by atoms with Gasteiger partial charge in [-0.05, 0) is 56.2 Å². The molecule has 0 aromatic carbocycles. The Labute approximate surface area is 147 Å². The molecule has 5 nitrogen and oxygen atoms in total. The molecule has 3 rings (SSSR count). The maximum atomic E-state index is 12.1. The molecule has 1 N–H and O–H groups in total. The minimum absolute atomic E-state index is 0.0711. The van der Waals surface area contributed by atoms with Gasteiger partial charge < -0.3 is 10.2 Å². The molecule has 1 amide bonds. The summed E-state index contributed by atoms with van der Waals surface area (Å²) in [6, 6.07) is 4.05. The molecule has 0 saturated carbocycles. The molecule has 1 fully saturated rings. The summed E-state index contributed by atoms with van der Waals surface area (Å²) in [5.74, 6) is 0.868. The third-order valence-electron chi connectivity index (χ3n) is 4.30. The lowest BCUT2D eigenvalue weighted by molar-refractivity contribution is -0.121. The summed E-state index contributed by atoms with van der Waals surface area (Å²) in [4.78, 5) is 24.7. The lowest BCUT2D eigenvalue weighted by atomic mass is 10.2. The van der Waals surface area contributed by atoms with Crippen LogP contribution in [0.4, 0.5) is 5.95 Å². The van der Waals surface area contributed by atoms with Crippen molar-refractivity contribution in [1.29, 1.82) is 0 Å². The van der Waals surface area contributed by atoms with Gasteiger partial charge in [-0.25, -0.2) is 9.97 Å². The number of rotatable bonds is 6. The second-order valence-electron chi connectivity index (χ2n) is 6.30. The van der Waals surface area contributed by atoms with Crippen LogP contribution in [-0.4, -0.2) is 29.0 Å². The SMILES string of the molecule is Cc1cc(CNC(=O)CCc2sccc2C)nc(N2CCCC2)n1. The molecule has 0 radical (unpaired) electrons. The van der Waals surface area contributed by atoms with Gasteiger partial charge in [-0.1, -0.05) is 0 Å². The normalized spacial score (nSPS) is 14.2. The Balaban J connectivity index is 1.54. The van der Waals surface area contributed by atoms with Gasteiger partial charge in [0, 0.05) is 30.1 Å². The lowest BCUT2D eigenvalue weighted by Crippen LogP contribution is -2.25. The Bertz CT molecular complexity index is 707. The minimum Gasteiger partial charge on any atom is -0.350 e. The summed E-state index contributed by atoms with van der Waals surface area (Å²) < 4.78 is 0.